The Morgan fingerprint density at radius 3 is 2.71 bits per heavy atom. The molecule has 1 aliphatic heterocycles. The molecule has 3 unspecified atom stereocenters. The second-order valence-corrected chi connectivity index (χ2v) is 5.32. The molecular weight excluding hydrogens is 216 g/mol. The fraction of sp³-hybridized carbons (Fsp3) is 0.923. The van der Waals surface area contributed by atoms with Crippen LogP contribution in [0.2, 0.25) is 0 Å². The van der Waals surface area contributed by atoms with Gasteiger partial charge in [0.2, 0.25) is 5.91 Å². The van der Waals surface area contributed by atoms with E-state index in [1.165, 1.54) is 6.42 Å². The SMILES string of the molecule is O=C1NCCCCC1NC1CCCCCC1O. The van der Waals surface area contributed by atoms with E-state index in [0.29, 0.717) is 0 Å². The van der Waals surface area contributed by atoms with Gasteiger partial charge in [0.1, 0.15) is 0 Å². The highest BCUT2D eigenvalue weighted by Crippen LogP contribution is 2.19. The average Bonchev–Trinajstić information content (AvgIpc) is 2.63. The molecule has 17 heavy (non-hydrogen) atoms. The van der Waals surface area contributed by atoms with Crippen molar-refractivity contribution in [2.45, 2.75) is 69.6 Å². The van der Waals surface area contributed by atoms with Crippen molar-refractivity contribution < 1.29 is 9.90 Å². The van der Waals surface area contributed by atoms with Crippen molar-refractivity contribution >= 4 is 5.91 Å². The molecule has 2 aliphatic rings. The molecule has 1 aliphatic carbocycles. The van der Waals surface area contributed by atoms with Crippen LogP contribution in [0.25, 0.3) is 0 Å². The third kappa shape index (κ3) is 3.68. The molecule has 4 nitrogen and oxygen atoms in total. The highest BCUT2D eigenvalue weighted by molar-refractivity contribution is 5.81. The lowest BCUT2D eigenvalue weighted by atomic mass is 10.0. The Hall–Kier alpha value is -0.610. The molecule has 0 radical (unpaired) electrons. The Bertz CT molecular complexity index is 258. The minimum absolute atomic E-state index is 0.102. The first-order valence-electron chi connectivity index (χ1n) is 6.99. The van der Waals surface area contributed by atoms with Crippen LogP contribution in [-0.4, -0.2) is 35.7 Å². The van der Waals surface area contributed by atoms with Crippen LogP contribution in [0, 0.1) is 0 Å². The molecule has 98 valence electrons. The van der Waals surface area contributed by atoms with E-state index in [9.17, 15) is 9.90 Å². The van der Waals surface area contributed by atoms with E-state index in [4.69, 9.17) is 0 Å². The Labute approximate surface area is 103 Å². The number of carbonyl (C=O) groups excluding carboxylic acids is 1. The minimum Gasteiger partial charge on any atom is -0.392 e. The van der Waals surface area contributed by atoms with Crippen LogP contribution in [0.3, 0.4) is 0 Å². The normalized spacial score (nSPS) is 35.8. The smallest absolute Gasteiger partial charge is 0.237 e. The summed E-state index contributed by atoms with van der Waals surface area (Å²) in [5.74, 6) is 0.110. The summed E-state index contributed by atoms with van der Waals surface area (Å²) in [5.41, 5.74) is 0. The number of aliphatic hydroxyl groups is 1. The van der Waals surface area contributed by atoms with E-state index in [2.05, 4.69) is 10.6 Å². The molecule has 0 spiro atoms. The summed E-state index contributed by atoms with van der Waals surface area (Å²) in [7, 11) is 0. The fourth-order valence-electron chi connectivity index (χ4n) is 2.84. The third-order valence-corrected chi connectivity index (χ3v) is 3.93. The fourth-order valence-corrected chi connectivity index (χ4v) is 2.84. The largest absolute Gasteiger partial charge is 0.392 e. The van der Waals surface area contributed by atoms with Crippen LogP contribution in [0.5, 0.6) is 0 Å². The number of nitrogens with one attached hydrogen (secondary N) is 2. The van der Waals surface area contributed by atoms with E-state index in [1.807, 2.05) is 0 Å². The summed E-state index contributed by atoms with van der Waals surface area (Å²) >= 11 is 0. The van der Waals surface area contributed by atoms with Gasteiger partial charge in [-0.3, -0.25) is 4.79 Å². The number of hydrogen-bond donors (Lipinski definition) is 3. The van der Waals surface area contributed by atoms with Gasteiger partial charge in [-0.15, -0.1) is 0 Å². The van der Waals surface area contributed by atoms with Crippen molar-refractivity contribution in [1.29, 1.82) is 0 Å². The molecular formula is C13H24N2O2. The quantitative estimate of drug-likeness (QED) is 0.629. The molecule has 1 heterocycles. The predicted octanol–water partition coefficient (Wildman–Crippen LogP) is 0.938. The lowest BCUT2D eigenvalue weighted by molar-refractivity contribution is -0.123. The van der Waals surface area contributed by atoms with Crippen LogP contribution in [0.1, 0.15) is 51.4 Å². The van der Waals surface area contributed by atoms with Gasteiger partial charge in [0.15, 0.2) is 0 Å². The van der Waals surface area contributed by atoms with Gasteiger partial charge >= 0.3 is 0 Å². The third-order valence-electron chi connectivity index (χ3n) is 3.93. The highest BCUT2D eigenvalue weighted by Gasteiger charge is 2.27. The van der Waals surface area contributed by atoms with Crippen LogP contribution in [0.15, 0.2) is 0 Å². The van der Waals surface area contributed by atoms with Gasteiger partial charge in [-0.2, -0.15) is 0 Å². The van der Waals surface area contributed by atoms with Gasteiger partial charge in [0, 0.05) is 12.6 Å². The maximum atomic E-state index is 11.8. The summed E-state index contributed by atoms with van der Waals surface area (Å²) in [6.45, 7) is 0.796. The summed E-state index contributed by atoms with van der Waals surface area (Å²) < 4.78 is 0. The molecule has 1 saturated heterocycles. The van der Waals surface area contributed by atoms with Gasteiger partial charge < -0.3 is 15.7 Å². The standard InChI is InChI=1S/C13H24N2O2/c16-12-8-3-1-2-6-10(12)15-11-7-4-5-9-14-13(11)17/h10-12,15-16H,1-9H2,(H,14,17). The van der Waals surface area contributed by atoms with E-state index >= 15 is 0 Å². The van der Waals surface area contributed by atoms with Gasteiger partial charge in [-0.05, 0) is 32.1 Å². The van der Waals surface area contributed by atoms with Crippen molar-refractivity contribution in [3.8, 4) is 0 Å². The van der Waals surface area contributed by atoms with Crippen LogP contribution >= 0.6 is 0 Å². The number of amides is 1. The number of hydrogen-bond acceptors (Lipinski definition) is 3. The minimum atomic E-state index is -0.284. The first kappa shape index (κ1) is 12.8. The zero-order valence-electron chi connectivity index (χ0n) is 10.5. The molecule has 0 aromatic heterocycles. The molecule has 3 N–H and O–H groups in total. The van der Waals surface area contributed by atoms with Crippen molar-refractivity contribution in [2.75, 3.05) is 6.54 Å². The van der Waals surface area contributed by atoms with E-state index < -0.39 is 0 Å². The Morgan fingerprint density at radius 2 is 1.82 bits per heavy atom. The Balaban J connectivity index is 1.90. The molecule has 1 saturated carbocycles. The summed E-state index contributed by atoms with van der Waals surface area (Å²) in [6.07, 6.45) is 8.09. The van der Waals surface area contributed by atoms with E-state index in [0.717, 1.165) is 51.5 Å². The highest BCUT2D eigenvalue weighted by atomic mass is 16.3. The van der Waals surface area contributed by atoms with Crippen LogP contribution in [0.4, 0.5) is 0 Å². The monoisotopic (exact) mass is 240 g/mol. The number of carbonyl (C=O) groups is 1. The molecule has 4 heteroatoms. The van der Waals surface area contributed by atoms with Gasteiger partial charge in [0.05, 0.1) is 12.1 Å². The van der Waals surface area contributed by atoms with E-state index in [-0.39, 0.29) is 24.1 Å². The zero-order valence-corrected chi connectivity index (χ0v) is 10.5. The first-order chi connectivity index (χ1) is 8.27. The van der Waals surface area contributed by atoms with E-state index in [1.54, 1.807) is 0 Å². The maximum Gasteiger partial charge on any atom is 0.237 e. The Morgan fingerprint density at radius 1 is 1.06 bits per heavy atom. The molecule has 1 amide bonds. The van der Waals surface area contributed by atoms with Crippen molar-refractivity contribution in [1.82, 2.24) is 10.6 Å². The van der Waals surface area contributed by atoms with Gasteiger partial charge in [0.25, 0.3) is 0 Å². The molecule has 2 rings (SSSR count). The van der Waals surface area contributed by atoms with Gasteiger partial charge in [-0.1, -0.05) is 19.3 Å². The number of rotatable bonds is 2. The molecule has 0 aromatic rings. The topological polar surface area (TPSA) is 61.4 Å². The average molecular weight is 240 g/mol. The van der Waals surface area contributed by atoms with Crippen molar-refractivity contribution in [3.05, 3.63) is 0 Å². The summed E-state index contributed by atoms with van der Waals surface area (Å²) in [6, 6.07) is 0.00148. The lowest BCUT2D eigenvalue weighted by Gasteiger charge is -2.26. The second-order valence-electron chi connectivity index (χ2n) is 5.32. The molecule has 2 fully saturated rings. The second kappa shape index (κ2) is 6.36. The van der Waals surface area contributed by atoms with Gasteiger partial charge in [-0.25, -0.2) is 0 Å². The number of aliphatic hydroxyl groups excluding tert-OH is 1. The van der Waals surface area contributed by atoms with Crippen molar-refractivity contribution in [2.24, 2.45) is 0 Å². The van der Waals surface area contributed by atoms with Crippen molar-refractivity contribution in [3.63, 3.8) is 0 Å². The Kier molecular flexibility index (Phi) is 4.80. The molecule has 3 atom stereocenters. The molecule has 0 aromatic carbocycles. The summed E-state index contributed by atoms with van der Waals surface area (Å²) in [5, 5.41) is 16.3. The van der Waals surface area contributed by atoms with Crippen LogP contribution in [-0.2, 0) is 4.79 Å². The molecule has 0 bridgehead atoms. The first-order valence-corrected chi connectivity index (χ1v) is 6.99. The predicted molar refractivity (Wildman–Crippen MR) is 66.7 cm³/mol. The van der Waals surface area contributed by atoms with Crippen LogP contribution < -0.4 is 10.6 Å². The summed E-state index contributed by atoms with van der Waals surface area (Å²) in [4.78, 5) is 11.8. The maximum absolute atomic E-state index is 11.8. The zero-order chi connectivity index (χ0) is 12.1. The lowest BCUT2D eigenvalue weighted by Crippen LogP contribution is -2.51.